The van der Waals surface area contributed by atoms with Crippen molar-refractivity contribution in [3.05, 3.63) is 59.0 Å². The van der Waals surface area contributed by atoms with Crippen molar-refractivity contribution in [1.82, 2.24) is 14.8 Å². The summed E-state index contributed by atoms with van der Waals surface area (Å²) in [6.45, 7) is 0. The van der Waals surface area contributed by atoms with Crippen molar-refractivity contribution in [2.45, 2.75) is 0 Å². The van der Waals surface area contributed by atoms with Crippen LogP contribution in [-0.2, 0) is 0 Å². The van der Waals surface area contributed by atoms with Gasteiger partial charge in [-0.1, -0.05) is 30.3 Å². The van der Waals surface area contributed by atoms with E-state index >= 15 is 0 Å². The summed E-state index contributed by atoms with van der Waals surface area (Å²) in [7, 11) is 0. The molecule has 2 heterocycles. The molecule has 0 bridgehead atoms. The number of fused-ring (bicyclic) bond motifs is 6. The fraction of sp³-hybridized carbons (Fsp3) is 0. The van der Waals surface area contributed by atoms with Gasteiger partial charge >= 0.3 is 5.69 Å². The minimum atomic E-state index is -0.360. The Bertz CT molecular complexity index is 876. The fourth-order valence-electron chi connectivity index (χ4n) is 2.38. The smallest absolute Gasteiger partial charge is 0.212 e. The van der Waals surface area contributed by atoms with Crippen LogP contribution in [0.25, 0.3) is 21.8 Å². The molecule has 0 fully saturated rings. The first-order valence-electron chi connectivity index (χ1n) is 5.65. The van der Waals surface area contributed by atoms with E-state index in [1.807, 2.05) is 48.5 Å². The molecule has 0 aliphatic carbocycles. The molecule has 5 heteroatoms. The van der Waals surface area contributed by atoms with Crippen LogP contribution < -0.4 is 10.3 Å². The van der Waals surface area contributed by atoms with Crippen LogP contribution in [0.15, 0.2) is 53.3 Å². The molecule has 0 saturated carbocycles. The quantitative estimate of drug-likeness (QED) is 0.365. The monoisotopic (exact) mass is 237 g/mol. The molecular weight excluding hydrogens is 228 g/mol. The van der Waals surface area contributed by atoms with Crippen molar-refractivity contribution in [3.63, 3.8) is 0 Å². The largest absolute Gasteiger partial charge is 0.488 e. The van der Waals surface area contributed by atoms with E-state index in [0.29, 0.717) is 0 Å². The number of tetrazole rings is 1. The van der Waals surface area contributed by atoms with Gasteiger partial charge < -0.3 is 0 Å². The van der Waals surface area contributed by atoms with E-state index in [1.54, 1.807) is 9.26 Å². The van der Waals surface area contributed by atoms with Crippen LogP contribution >= 0.6 is 0 Å². The third-order valence-electron chi connectivity index (χ3n) is 3.12. The summed E-state index contributed by atoms with van der Waals surface area (Å²) in [6.07, 6.45) is 0. The summed E-state index contributed by atoms with van der Waals surface area (Å²) < 4.78 is 3.26. The van der Waals surface area contributed by atoms with Crippen LogP contribution in [0.4, 0.5) is 0 Å². The van der Waals surface area contributed by atoms with E-state index in [-0.39, 0.29) is 5.69 Å². The number of aromatic nitrogens is 4. The van der Waals surface area contributed by atoms with Crippen LogP contribution in [0.2, 0.25) is 0 Å². The molecule has 0 saturated heterocycles. The summed E-state index contributed by atoms with van der Waals surface area (Å²) in [5, 5.41) is 8.83. The Kier molecular flexibility index (Phi) is 1.64. The van der Waals surface area contributed by atoms with Gasteiger partial charge in [-0.05, 0) is 27.5 Å². The SMILES string of the molecule is O=c1n[n+]2c3ccccc3c3ccccc3n2[nH]1. The maximum atomic E-state index is 11.5. The van der Waals surface area contributed by atoms with Gasteiger partial charge in [0.1, 0.15) is 5.52 Å². The maximum absolute atomic E-state index is 11.5. The van der Waals surface area contributed by atoms with E-state index in [0.717, 1.165) is 21.8 Å². The Morgan fingerprint density at radius 1 is 1.00 bits per heavy atom. The van der Waals surface area contributed by atoms with Gasteiger partial charge in [-0.15, -0.1) is 5.10 Å². The lowest BCUT2D eigenvalue weighted by Crippen LogP contribution is -2.33. The first-order chi connectivity index (χ1) is 8.84. The number of aromatic amines is 1. The lowest BCUT2D eigenvalue weighted by molar-refractivity contribution is -0.652. The first kappa shape index (κ1) is 9.35. The van der Waals surface area contributed by atoms with E-state index in [4.69, 9.17) is 0 Å². The van der Waals surface area contributed by atoms with Gasteiger partial charge in [-0.2, -0.15) is 0 Å². The van der Waals surface area contributed by atoms with Gasteiger partial charge in [0.15, 0.2) is 5.52 Å². The molecule has 0 radical (unpaired) electrons. The van der Waals surface area contributed by atoms with Gasteiger partial charge in [0, 0.05) is 15.9 Å². The highest BCUT2D eigenvalue weighted by atomic mass is 16.2. The molecule has 18 heavy (non-hydrogen) atoms. The van der Waals surface area contributed by atoms with Crippen molar-refractivity contribution in [1.29, 1.82) is 0 Å². The van der Waals surface area contributed by atoms with Crippen LogP contribution in [-0.4, -0.2) is 14.8 Å². The fourth-order valence-corrected chi connectivity index (χ4v) is 2.38. The maximum Gasteiger partial charge on any atom is 0.488 e. The van der Waals surface area contributed by atoms with Crippen molar-refractivity contribution < 1.29 is 4.63 Å². The normalized spacial score (nSPS) is 11.6. The first-order valence-corrected chi connectivity index (χ1v) is 5.65. The van der Waals surface area contributed by atoms with E-state index in [9.17, 15) is 4.79 Å². The highest BCUT2D eigenvalue weighted by molar-refractivity contribution is 6.02. The number of nitrogens with zero attached hydrogens (tertiary/aromatic N) is 3. The molecule has 1 N–H and O–H groups in total. The number of rotatable bonds is 0. The van der Waals surface area contributed by atoms with Crippen LogP contribution in [0, 0.1) is 0 Å². The lowest BCUT2D eigenvalue weighted by atomic mass is 10.1. The molecule has 0 unspecified atom stereocenters. The number of H-pyrrole nitrogens is 1. The predicted molar refractivity (Wildman–Crippen MR) is 66.5 cm³/mol. The molecular formula is C13H9N4O+. The van der Waals surface area contributed by atoms with Crippen molar-refractivity contribution in [3.8, 4) is 0 Å². The zero-order valence-electron chi connectivity index (χ0n) is 9.37. The van der Waals surface area contributed by atoms with E-state index in [2.05, 4.69) is 10.2 Å². The Morgan fingerprint density at radius 2 is 1.72 bits per heavy atom. The second-order valence-electron chi connectivity index (χ2n) is 4.15. The molecule has 0 spiro atoms. The van der Waals surface area contributed by atoms with Crippen molar-refractivity contribution in [2.24, 2.45) is 0 Å². The molecule has 2 aromatic carbocycles. The molecule has 0 aliphatic rings. The molecule has 4 aromatic rings. The van der Waals surface area contributed by atoms with Gasteiger partial charge in [0.25, 0.3) is 0 Å². The summed E-state index contributed by atoms with van der Waals surface area (Å²) in [6, 6.07) is 15.8. The topological polar surface area (TPSA) is 54.3 Å². The van der Waals surface area contributed by atoms with Crippen LogP contribution in [0.3, 0.4) is 0 Å². The number of nitrogens with one attached hydrogen (secondary N) is 1. The zero-order chi connectivity index (χ0) is 12.1. The minimum Gasteiger partial charge on any atom is -0.212 e. The Labute approximate surface area is 101 Å². The number of para-hydroxylation sites is 2. The Hall–Kier alpha value is -2.69. The molecule has 4 rings (SSSR count). The molecule has 0 atom stereocenters. The summed E-state index contributed by atoms with van der Waals surface area (Å²) in [4.78, 5) is 11.5. The molecule has 5 nitrogen and oxygen atoms in total. The van der Waals surface area contributed by atoms with Crippen molar-refractivity contribution in [2.75, 3.05) is 0 Å². The standard InChI is InChI=1S/C13H8N4O/c18-13-14-16-11-7-3-1-5-9(11)10-6-2-4-8-12(10)17(16)15-13/h1-8H/p+1. The average Bonchev–Trinajstić information content (AvgIpc) is 2.81. The summed E-state index contributed by atoms with van der Waals surface area (Å²) in [5.41, 5.74) is 1.46. The lowest BCUT2D eigenvalue weighted by Gasteiger charge is -2.01. The highest BCUT2D eigenvalue weighted by Crippen LogP contribution is 2.20. The van der Waals surface area contributed by atoms with Crippen LogP contribution in [0.1, 0.15) is 0 Å². The third-order valence-corrected chi connectivity index (χ3v) is 3.12. The van der Waals surface area contributed by atoms with Crippen molar-refractivity contribution >= 4 is 21.8 Å². The third kappa shape index (κ3) is 1.08. The molecule has 2 aromatic heterocycles. The second kappa shape index (κ2) is 3.16. The minimum absolute atomic E-state index is 0.360. The van der Waals surface area contributed by atoms with E-state index in [1.165, 1.54) is 0 Å². The molecule has 0 amide bonds. The highest BCUT2D eigenvalue weighted by Gasteiger charge is 2.15. The zero-order valence-corrected chi connectivity index (χ0v) is 9.37. The van der Waals surface area contributed by atoms with Crippen LogP contribution in [0.5, 0.6) is 0 Å². The second-order valence-corrected chi connectivity index (χ2v) is 4.15. The van der Waals surface area contributed by atoms with Gasteiger partial charge in [0.05, 0.1) is 0 Å². The summed E-state index contributed by atoms with van der Waals surface area (Å²) >= 11 is 0. The molecule has 0 aliphatic heterocycles. The Balaban J connectivity index is 2.50. The Morgan fingerprint density at radius 3 is 2.61 bits per heavy atom. The summed E-state index contributed by atoms with van der Waals surface area (Å²) in [5.74, 6) is 0. The number of hydrogen-bond donors (Lipinski definition) is 1. The van der Waals surface area contributed by atoms with Gasteiger partial charge in [-0.3, -0.25) is 0 Å². The van der Waals surface area contributed by atoms with Gasteiger partial charge in [0.2, 0.25) is 0 Å². The molecule has 86 valence electrons. The average molecular weight is 237 g/mol. The number of hydrogen-bond acceptors (Lipinski definition) is 2. The predicted octanol–water partition coefficient (Wildman–Crippen LogP) is 0.914. The van der Waals surface area contributed by atoms with Gasteiger partial charge in [-0.25, -0.2) is 4.79 Å². The number of benzene rings is 2. The van der Waals surface area contributed by atoms with E-state index < -0.39 is 0 Å².